The van der Waals surface area contributed by atoms with Crippen LogP contribution in [0.15, 0.2) is 18.2 Å². The lowest BCUT2D eigenvalue weighted by Crippen LogP contribution is -2.29. The maximum Gasteiger partial charge on any atom is 0.0909 e. The predicted molar refractivity (Wildman–Crippen MR) is 80.9 cm³/mol. The first kappa shape index (κ1) is 15.1. The Bertz CT molecular complexity index is 438. The summed E-state index contributed by atoms with van der Waals surface area (Å²) in [5.74, 6) is 0. The lowest BCUT2D eigenvalue weighted by molar-refractivity contribution is 0.0212. The Labute approximate surface area is 125 Å². The average molecular weight is 302 g/mol. The molecule has 0 radical (unpaired) electrons. The van der Waals surface area contributed by atoms with Crippen LogP contribution in [0.25, 0.3) is 0 Å². The lowest BCUT2D eigenvalue weighted by atomic mass is 9.87. The van der Waals surface area contributed by atoms with Gasteiger partial charge in [0.2, 0.25) is 0 Å². The van der Waals surface area contributed by atoms with E-state index in [4.69, 9.17) is 23.2 Å². The van der Waals surface area contributed by atoms with E-state index in [1.165, 1.54) is 0 Å². The summed E-state index contributed by atoms with van der Waals surface area (Å²) < 4.78 is 0. The second kappa shape index (κ2) is 6.45. The molecule has 1 fully saturated rings. The molecule has 1 N–H and O–H groups in total. The molecule has 2 rings (SSSR count). The number of likely N-dealkylation sites (tertiary alicyclic amines) is 1. The molecular formula is C15H21Cl2NO. The minimum atomic E-state index is -0.767. The van der Waals surface area contributed by atoms with E-state index in [-0.39, 0.29) is 0 Å². The van der Waals surface area contributed by atoms with Gasteiger partial charge in [0.15, 0.2) is 0 Å². The number of benzene rings is 1. The van der Waals surface area contributed by atoms with Crippen molar-refractivity contribution in [3.63, 3.8) is 0 Å². The van der Waals surface area contributed by atoms with Crippen molar-refractivity contribution in [1.29, 1.82) is 0 Å². The molecule has 1 aliphatic heterocycles. The van der Waals surface area contributed by atoms with Crippen molar-refractivity contribution < 1.29 is 5.11 Å². The summed E-state index contributed by atoms with van der Waals surface area (Å²) in [6.07, 6.45) is 3.71. The minimum absolute atomic E-state index is 0.516. The molecule has 1 saturated heterocycles. The summed E-state index contributed by atoms with van der Waals surface area (Å²) in [7, 11) is 0. The molecule has 1 aliphatic rings. The van der Waals surface area contributed by atoms with Crippen LogP contribution >= 0.6 is 23.2 Å². The van der Waals surface area contributed by atoms with Gasteiger partial charge in [-0.1, -0.05) is 36.2 Å². The van der Waals surface area contributed by atoms with Gasteiger partial charge < -0.3 is 10.0 Å². The molecule has 1 heterocycles. The molecule has 0 aromatic heterocycles. The van der Waals surface area contributed by atoms with Crippen molar-refractivity contribution >= 4 is 23.2 Å². The zero-order chi connectivity index (χ0) is 13.9. The third-order valence-corrected chi connectivity index (χ3v) is 4.64. The molecule has 4 heteroatoms. The summed E-state index contributed by atoms with van der Waals surface area (Å²) in [4.78, 5) is 2.43. The van der Waals surface area contributed by atoms with Gasteiger partial charge in [-0.2, -0.15) is 0 Å². The SMILES string of the molecule is CCCN1CCCC(O)(c2ccc(Cl)c(Cl)c2)CC1. The number of aliphatic hydroxyl groups is 1. The number of hydrogen-bond acceptors (Lipinski definition) is 2. The van der Waals surface area contributed by atoms with Crippen molar-refractivity contribution in [3.8, 4) is 0 Å². The Morgan fingerprint density at radius 2 is 2.00 bits per heavy atom. The van der Waals surface area contributed by atoms with Gasteiger partial charge in [-0.15, -0.1) is 0 Å². The van der Waals surface area contributed by atoms with Crippen LogP contribution in [-0.2, 0) is 5.60 Å². The Balaban J connectivity index is 2.15. The molecule has 1 unspecified atom stereocenters. The first-order valence-corrected chi connectivity index (χ1v) is 7.71. The topological polar surface area (TPSA) is 23.5 Å². The third kappa shape index (κ3) is 3.63. The Kier molecular flexibility index (Phi) is 5.13. The molecule has 2 nitrogen and oxygen atoms in total. The first-order valence-electron chi connectivity index (χ1n) is 6.95. The van der Waals surface area contributed by atoms with Crippen molar-refractivity contribution in [2.24, 2.45) is 0 Å². The van der Waals surface area contributed by atoms with E-state index in [1.54, 1.807) is 12.1 Å². The standard InChI is InChI=1S/C15H21Cl2NO/c1-2-8-18-9-3-6-15(19,7-10-18)12-4-5-13(16)14(17)11-12/h4-5,11,19H,2-3,6-10H2,1H3. The molecule has 0 aliphatic carbocycles. The number of rotatable bonds is 3. The van der Waals surface area contributed by atoms with Crippen LogP contribution in [0.2, 0.25) is 10.0 Å². The van der Waals surface area contributed by atoms with E-state index in [0.717, 1.165) is 50.9 Å². The highest BCUT2D eigenvalue weighted by Crippen LogP contribution is 2.35. The largest absolute Gasteiger partial charge is 0.385 e. The van der Waals surface area contributed by atoms with Crippen molar-refractivity contribution in [2.75, 3.05) is 19.6 Å². The molecule has 1 aromatic rings. The smallest absolute Gasteiger partial charge is 0.0909 e. The molecule has 0 bridgehead atoms. The molecular weight excluding hydrogens is 281 g/mol. The summed E-state index contributed by atoms with van der Waals surface area (Å²) >= 11 is 12.0. The van der Waals surface area contributed by atoms with E-state index >= 15 is 0 Å². The van der Waals surface area contributed by atoms with Gasteiger partial charge in [-0.25, -0.2) is 0 Å². The maximum atomic E-state index is 10.9. The quantitative estimate of drug-likeness (QED) is 0.909. The van der Waals surface area contributed by atoms with Crippen molar-refractivity contribution in [2.45, 2.75) is 38.2 Å². The molecule has 0 amide bonds. The first-order chi connectivity index (χ1) is 9.05. The van der Waals surface area contributed by atoms with Crippen LogP contribution < -0.4 is 0 Å². The van der Waals surface area contributed by atoms with Crippen LogP contribution in [0.1, 0.15) is 38.2 Å². The van der Waals surface area contributed by atoms with E-state index < -0.39 is 5.60 Å². The minimum Gasteiger partial charge on any atom is -0.385 e. The van der Waals surface area contributed by atoms with Crippen LogP contribution in [0.3, 0.4) is 0 Å². The Hall–Kier alpha value is -0.280. The number of halogens is 2. The Morgan fingerprint density at radius 3 is 2.68 bits per heavy atom. The van der Waals surface area contributed by atoms with Crippen LogP contribution in [-0.4, -0.2) is 29.6 Å². The molecule has 19 heavy (non-hydrogen) atoms. The van der Waals surface area contributed by atoms with E-state index in [2.05, 4.69) is 11.8 Å². The van der Waals surface area contributed by atoms with Gasteiger partial charge in [0.25, 0.3) is 0 Å². The number of nitrogens with zero attached hydrogens (tertiary/aromatic N) is 1. The summed E-state index contributed by atoms with van der Waals surface area (Å²) in [6.45, 7) is 5.30. The molecule has 106 valence electrons. The molecule has 0 spiro atoms. The van der Waals surface area contributed by atoms with Gasteiger partial charge in [0.1, 0.15) is 0 Å². The molecule has 0 saturated carbocycles. The van der Waals surface area contributed by atoms with Crippen LogP contribution in [0.5, 0.6) is 0 Å². The van der Waals surface area contributed by atoms with Gasteiger partial charge in [0, 0.05) is 6.54 Å². The summed E-state index contributed by atoms with van der Waals surface area (Å²) in [6, 6.07) is 5.47. The monoisotopic (exact) mass is 301 g/mol. The Morgan fingerprint density at radius 1 is 1.21 bits per heavy atom. The van der Waals surface area contributed by atoms with E-state index in [0.29, 0.717) is 10.0 Å². The van der Waals surface area contributed by atoms with E-state index in [9.17, 15) is 5.11 Å². The van der Waals surface area contributed by atoms with Crippen molar-refractivity contribution in [3.05, 3.63) is 33.8 Å². The fraction of sp³-hybridized carbons (Fsp3) is 0.600. The highest BCUT2D eigenvalue weighted by Gasteiger charge is 2.32. The van der Waals surface area contributed by atoms with Gasteiger partial charge >= 0.3 is 0 Å². The molecule has 1 atom stereocenters. The maximum absolute atomic E-state index is 10.9. The average Bonchev–Trinajstić information content (AvgIpc) is 2.57. The fourth-order valence-electron chi connectivity index (χ4n) is 2.79. The van der Waals surface area contributed by atoms with Crippen molar-refractivity contribution in [1.82, 2.24) is 4.90 Å². The molecule has 1 aromatic carbocycles. The van der Waals surface area contributed by atoms with Gasteiger partial charge in [-0.05, 0) is 56.5 Å². The highest BCUT2D eigenvalue weighted by atomic mass is 35.5. The highest BCUT2D eigenvalue weighted by molar-refractivity contribution is 6.42. The zero-order valence-electron chi connectivity index (χ0n) is 11.3. The second-order valence-electron chi connectivity index (χ2n) is 5.36. The number of hydrogen-bond donors (Lipinski definition) is 1. The normalized spacial score (nSPS) is 25.3. The van der Waals surface area contributed by atoms with Gasteiger partial charge in [0.05, 0.1) is 15.6 Å². The zero-order valence-corrected chi connectivity index (χ0v) is 12.8. The fourth-order valence-corrected chi connectivity index (χ4v) is 3.09. The van der Waals surface area contributed by atoms with Crippen LogP contribution in [0, 0.1) is 0 Å². The van der Waals surface area contributed by atoms with Gasteiger partial charge in [-0.3, -0.25) is 0 Å². The van der Waals surface area contributed by atoms with E-state index in [1.807, 2.05) is 6.07 Å². The summed E-state index contributed by atoms with van der Waals surface area (Å²) in [5, 5.41) is 11.9. The lowest BCUT2D eigenvalue weighted by Gasteiger charge is -2.28. The summed E-state index contributed by atoms with van der Waals surface area (Å²) in [5.41, 5.74) is 0.122. The third-order valence-electron chi connectivity index (χ3n) is 3.90. The second-order valence-corrected chi connectivity index (χ2v) is 6.17. The van der Waals surface area contributed by atoms with Crippen LogP contribution in [0.4, 0.5) is 0 Å². The predicted octanol–water partition coefficient (Wildman–Crippen LogP) is 4.08.